The average Bonchev–Trinajstić information content (AvgIpc) is 3.34. The van der Waals surface area contributed by atoms with Crippen LogP contribution in [0.2, 0.25) is 0 Å². The molecule has 3 heterocycles. The maximum Gasteiger partial charge on any atom is 0.261 e. The summed E-state index contributed by atoms with van der Waals surface area (Å²) in [5.41, 5.74) is 0.981. The van der Waals surface area contributed by atoms with Crippen LogP contribution in [0.4, 0.5) is 0 Å². The molecule has 0 unspecified atom stereocenters. The fourth-order valence-corrected chi connectivity index (χ4v) is 5.52. The Hall–Kier alpha value is -1.97. The molecule has 0 radical (unpaired) electrons. The number of amides is 2. The number of hydrogen-bond acceptors (Lipinski definition) is 6. The highest BCUT2D eigenvalue weighted by Gasteiger charge is 2.26. The zero-order valence-corrected chi connectivity index (χ0v) is 18.5. The minimum atomic E-state index is 0.00444. The second-order valence-corrected chi connectivity index (χ2v) is 9.31. The Morgan fingerprint density at radius 1 is 1.17 bits per heavy atom. The van der Waals surface area contributed by atoms with Gasteiger partial charge in [-0.25, -0.2) is 0 Å². The highest BCUT2D eigenvalue weighted by atomic mass is 32.1. The lowest BCUT2D eigenvalue weighted by atomic mass is 9.91. The molecular formula is C21H31N5O3S. The van der Waals surface area contributed by atoms with Gasteiger partial charge in [-0.2, -0.15) is 5.10 Å². The lowest BCUT2D eigenvalue weighted by molar-refractivity contribution is -0.119. The number of rotatable bonds is 6. The molecule has 4 rings (SSSR count). The van der Waals surface area contributed by atoms with Crippen molar-refractivity contribution in [2.24, 2.45) is 0 Å². The number of thiophene rings is 1. The fraction of sp³-hybridized carbons (Fsp3) is 0.667. The smallest absolute Gasteiger partial charge is 0.261 e. The number of nitrogens with zero attached hydrogens (tertiary/aromatic N) is 2. The molecular weight excluding hydrogens is 402 g/mol. The van der Waals surface area contributed by atoms with Gasteiger partial charge in [-0.15, -0.1) is 11.3 Å². The predicted octanol–water partition coefficient (Wildman–Crippen LogP) is 2.13. The maximum absolute atomic E-state index is 12.9. The molecule has 9 heteroatoms. The molecule has 2 aromatic rings. The largest absolute Gasteiger partial charge is 0.381 e. The average molecular weight is 434 g/mol. The summed E-state index contributed by atoms with van der Waals surface area (Å²) in [6.45, 7) is 3.90. The Bertz CT molecular complexity index is 894. The molecule has 0 atom stereocenters. The molecule has 8 nitrogen and oxygen atoms in total. The van der Waals surface area contributed by atoms with Gasteiger partial charge in [0.2, 0.25) is 5.91 Å². The van der Waals surface area contributed by atoms with Gasteiger partial charge >= 0.3 is 0 Å². The van der Waals surface area contributed by atoms with Gasteiger partial charge in [-0.1, -0.05) is 0 Å². The Kier molecular flexibility index (Phi) is 6.70. The topological polar surface area (TPSA) is 97.3 Å². The van der Waals surface area contributed by atoms with E-state index in [1.165, 1.54) is 0 Å². The zero-order valence-electron chi connectivity index (χ0n) is 17.7. The summed E-state index contributed by atoms with van der Waals surface area (Å²) in [6, 6.07) is 2.87. The predicted molar refractivity (Wildman–Crippen MR) is 117 cm³/mol. The van der Waals surface area contributed by atoms with Crippen molar-refractivity contribution in [2.45, 2.75) is 63.6 Å². The first-order valence-corrected chi connectivity index (χ1v) is 11.7. The molecule has 0 aromatic carbocycles. The van der Waals surface area contributed by atoms with Crippen LogP contribution >= 0.6 is 11.3 Å². The minimum absolute atomic E-state index is 0.00444. The first kappa shape index (κ1) is 21.3. The van der Waals surface area contributed by atoms with Crippen LogP contribution in [0.1, 0.15) is 59.9 Å². The van der Waals surface area contributed by atoms with E-state index in [1.807, 2.05) is 13.0 Å². The number of likely N-dealkylation sites (N-methyl/N-ethyl adjacent to an activating group) is 1. The molecule has 1 saturated carbocycles. The zero-order chi connectivity index (χ0) is 21.1. The third kappa shape index (κ3) is 4.68. The molecule has 1 aliphatic carbocycles. The highest BCUT2D eigenvalue weighted by Crippen LogP contribution is 2.33. The van der Waals surface area contributed by atoms with E-state index in [-0.39, 0.29) is 17.9 Å². The number of carbonyl (C=O) groups is 2. The molecule has 0 spiro atoms. The van der Waals surface area contributed by atoms with E-state index >= 15 is 0 Å². The maximum atomic E-state index is 12.9. The van der Waals surface area contributed by atoms with Crippen LogP contribution in [0.5, 0.6) is 0 Å². The summed E-state index contributed by atoms with van der Waals surface area (Å²) in [4.78, 5) is 26.1. The van der Waals surface area contributed by atoms with Crippen LogP contribution in [0, 0.1) is 6.92 Å². The summed E-state index contributed by atoms with van der Waals surface area (Å²) in [6.07, 6.45) is 5.71. The van der Waals surface area contributed by atoms with Gasteiger partial charge in [0.25, 0.3) is 5.91 Å². The van der Waals surface area contributed by atoms with Crippen LogP contribution in [0.15, 0.2) is 6.07 Å². The van der Waals surface area contributed by atoms with Crippen molar-refractivity contribution in [3.05, 3.63) is 16.6 Å². The molecule has 2 amide bonds. The third-order valence-electron chi connectivity index (χ3n) is 6.22. The number of fused-ring (bicyclic) bond motifs is 1. The highest BCUT2D eigenvalue weighted by molar-refractivity contribution is 7.20. The summed E-state index contributed by atoms with van der Waals surface area (Å²) >= 11 is 1.54. The normalized spacial score (nSPS) is 22.9. The molecule has 2 aromatic heterocycles. The van der Waals surface area contributed by atoms with Crippen LogP contribution in [-0.2, 0) is 9.53 Å². The Morgan fingerprint density at radius 2 is 1.87 bits per heavy atom. The first-order valence-electron chi connectivity index (χ1n) is 10.9. The lowest BCUT2D eigenvalue weighted by Gasteiger charge is -2.29. The summed E-state index contributed by atoms with van der Waals surface area (Å²) in [7, 11) is 1.65. The second-order valence-electron chi connectivity index (χ2n) is 8.28. The van der Waals surface area contributed by atoms with Gasteiger partial charge in [0.05, 0.1) is 23.2 Å². The van der Waals surface area contributed by atoms with Crippen molar-refractivity contribution in [1.29, 1.82) is 0 Å². The van der Waals surface area contributed by atoms with Crippen molar-refractivity contribution < 1.29 is 14.3 Å². The monoisotopic (exact) mass is 433 g/mol. The van der Waals surface area contributed by atoms with Gasteiger partial charge in [0.15, 0.2) is 0 Å². The van der Waals surface area contributed by atoms with Crippen molar-refractivity contribution >= 4 is 33.4 Å². The standard InChI is InChI=1S/C21H31N5O3S/c1-13-17-11-18(30-21(17)26(25-13)16-7-9-29-10-8-16)20(28)24-15-5-3-14(4-6-15)23-12-19(27)22-2/h11,14-16,23H,3-10,12H2,1-2H3,(H,22,27)(H,24,28)/t14-,15+. The Labute approximate surface area is 180 Å². The van der Waals surface area contributed by atoms with Crippen LogP contribution in [0.3, 0.4) is 0 Å². The van der Waals surface area contributed by atoms with Crippen molar-refractivity contribution in [1.82, 2.24) is 25.7 Å². The number of nitrogens with one attached hydrogen (secondary N) is 3. The summed E-state index contributed by atoms with van der Waals surface area (Å²) in [5.74, 6) is 0.0145. The van der Waals surface area contributed by atoms with E-state index in [1.54, 1.807) is 18.4 Å². The molecule has 2 aliphatic rings. The van der Waals surface area contributed by atoms with Gasteiger partial charge in [0.1, 0.15) is 4.83 Å². The lowest BCUT2D eigenvalue weighted by Crippen LogP contribution is -2.44. The minimum Gasteiger partial charge on any atom is -0.381 e. The molecule has 3 N–H and O–H groups in total. The quantitative estimate of drug-likeness (QED) is 0.648. The van der Waals surface area contributed by atoms with Gasteiger partial charge in [-0.05, 0) is 51.5 Å². The van der Waals surface area contributed by atoms with Gasteiger partial charge in [-0.3, -0.25) is 14.3 Å². The number of aryl methyl sites for hydroxylation is 1. The Morgan fingerprint density at radius 3 is 2.57 bits per heavy atom. The van der Waals surface area contributed by atoms with Crippen molar-refractivity contribution in [3.8, 4) is 0 Å². The number of ether oxygens (including phenoxy) is 1. The number of hydrogen-bond donors (Lipinski definition) is 3. The van der Waals surface area contributed by atoms with Crippen LogP contribution < -0.4 is 16.0 Å². The van der Waals surface area contributed by atoms with E-state index in [4.69, 9.17) is 9.84 Å². The van der Waals surface area contributed by atoms with E-state index in [0.29, 0.717) is 18.6 Å². The molecule has 30 heavy (non-hydrogen) atoms. The second kappa shape index (κ2) is 9.45. The third-order valence-corrected chi connectivity index (χ3v) is 7.34. The van der Waals surface area contributed by atoms with E-state index in [9.17, 15) is 9.59 Å². The van der Waals surface area contributed by atoms with Gasteiger partial charge < -0.3 is 20.7 Å². The van der Waals surface area contributed by atoms with E-state index in [0.717, 1.165) is 72.5 Å². The van der Waals surface area contributed by atoms with Crippen molar-refractivity contribution in [2.75, 3.05) is 26.8 Å². The fourth-order valence-electron chi connectivity index (χ4n) is 4.38. The van der Waals surface area contributed by atoms with E-state index in [2.05, 4.69) is 20.6 Å². The number of aromatic nitrogens is 2. The first-order chi connectivity index (χ1) is 14.5. The number of carbonyl (C=O) groups excluding carboxylic acids is 2. The Balaban J connectivity index is 1.35. The van der Waals surface area contributed by atoms with E-state index < -0.39 is 0 Å². The van der Waals surface area contributed by atoms with Crippen molar-refractivity contribution in [3.63, 3.8) is 0 Å². The SMILES string of the molecule is CNC(=O)CN[C@H]1CC[C@@H](NC(=O)c2cc3c(C)nn(C4CCOCC4)c3s2)CC1. The molecule has 1 aliphatic heterocycles. The van der Waals surface area contributed by atoms with Crippen LogP contribution in [-0.4, -0.2) is 60.5 Å². The van der Waals surface area contributed by atoms with Gasteiger partial charge in [0, 0.05) is 37.7 Å². The molecule has 2 fully saturated rings. The summed E-state index contributed by atoms with van der Waals surface area (Å²) < 4.78 is 7.59. The summed E-state index contributed by atoms with van der Waals surface area (Å²) in [5, 5.41) is 15.0. The van der Waals surface area contributed by atoms with Crippen LogP contribution in [0.25, 0.3) is 10.2 Å². The molecule has 164 valence electrons. The molecule has 0 bridgehead atoms. The molecule has 1 saturated heterocycles.